The molecule has 142 valence electrons. The van der Waals surface area contributed by atoms with Gasteiger partial charge in [-0.25, -0.2) is 0 Å². The average molecular weight is 460 g/mol. The third-order valence-corrected chi connectivity index (χ3v) is 7.49. The monoisotopic (exact) mass is 460 g/mol. The zero-order chi connectivity index (χ0) is 16.1. The lowest BCUT2D eigenvalue weighted by molar-refractivity contribution is -0.171. The fraction of sp³-hybridized carbons (Fsp3) is 0.947. The van der Waals surface area contributed by atoms with E-state index in [1.165, 1.54) is 64.5 Å². The maximum atomic E-state index is 6.04. The summed E-state index contributed by atoms with van der Waals surface area (Å²) < 4.78 is 6.04. The first-order chi connectivity index (χ1) is 11.8. The Morgan fingerprint density at radius 3 is 2.44 bits per heavy atom. The van der Waals surface area contributed by atoms with Crippen molar-refractivity contribution in [2.75, 3.05) is 26.7 Å². The van der Waals surface area contributed by atoms with Crippen molar-refractivity contribution in [1.29, 1.82) is 0 Å². The average Bonchev–Trinajstić information content (AvgIpc) is 3.32. The van der Waals surface area contributed by atoms with Gasteiger partial charge in [0.15, 0.2) is 5.96 Å². The van der Waals surface area contributed by atoms with Gasteiger partial charge in [-0.3, -0.25) is 4.99 Å². The molecule has 5 rings (SSSR count). The topological polar surface area (TPSA) is 48.9 Å². The highest BCUT2D eigenvalue weighted by Gasteiger charge is 2.66. The van der Waals surface area contributed by atoms with E-state index in [1.54, 1.807) is 0 Å². The lowest BCUT2D eigenvalue weighted by Gasteiger charge is -2.63. The zero-order valence-electron chi connectivity index (χ0n) is 15.4. The van der Waals surface area contributed by atoms with E-state index in [2.05, 4.69) is 20.5 Å². The Hall–Kier alpha value is -0.0800. The summed E-state index contributed by atoms with van der Waals surface area (Å²) in [4.78, 5) is 7.23. The molecule has 0 amide bonds. The molecule has 0 aromatic heterocycles. The Balaban J connectivity index is 0.00000157. The molecule has 5 aliphatic rings. The van der Waals surface area contributed by atoms with E-state index in [0.717, 1.165) is 18.6 Å². The van der Waals surface area contributed by atoms with Crippen LogP contribution < -0.4 is 10.6 Å². The summed E-state index contributed by atoms with van der Waals surface area (Å²) in [5.41, 5.74) is 0.425. The van der Waals surface area contributed by atoms with Crippen molar-refractivity contribution in [2.45, 2.75) is 75.6 Å². The van der Waals surface area contributed by atoms with Gasteiger partial charge in [-0.05, 0) is 44.9 Å². The molecule has 5 nitrogen and oxygen atoms in total. The summed E-state index contributed by atoms with van der Waals surface area (Å²) in [6.45, 7) is 3.47. The van der Waals surface area contributed by atoms with Crippen LogP contribution in [-0.2, 0) is 4.74 Å². The van der Waals surface area contributed by atoms with Crippen LogP contribution in [0.15, 0.2) is 4.99 Å². The highest BCUT2D eigenvalue weighted by molar-refractivity contribution is 14.0. The molecular formula is C19H33IN4O. The number of ether oxygens (including phenoxy) is 1. The van der Waals surface area contributed by atoms with Gasteiger partial charge in [0, 0.05) is 56.2 Å². The number of piperidine rings is 1. The van der Waals surface area contributed by atoms with E-state index < -0.39 is 0 Å². The fourth-order valence-electron chi connectivity index (χ4n) is 5.82. The molecule has 2 N–H and O–H groups in total. The number of hydrogen-bond acceptors (Lipinski definition) is 3. The molecule has 3 unspecified atom stereocenters. The van der Waals surface area contributed by atoms with Gasteiger partial charge in [-0.2, -0.15) is 0 Å². The van der Waals surface area contributed by atoms with Crippen molar-refractivity contribution in [3.63, 3.8) is 0 Å². The quantitative estimate of drug-likeness (QED) is 0.386. The molecule has 1 spiro atoms. The molecular weight excluding hydrogens is 427 g/mol. The van der Waals surface area contributed by atoms with Crippen LogP contribution in [0.5, 0.6) is 0 Å². The van der Waals surface area contributed by atoms with Crippen LogP contribution in [-0.4, -0.2) is 61.8 Å². The van der Waals surface area contributed by atoms with Gasteiger partial charge in [0.1, 0.15) is 0 Å². The van der Waals surface area contributed by atoms with Crippen molar-refractivity contribution < 1.29 is 4.74 Å². The van der Waals surface area contributed by atoms with Gasteiger partial charge in [0.25, 0.3) is 0 Å². The molecule has 2 aliphatic heterocycles. The minimum atomic E-state index is 0. The van der Waals surface area contributed by atoms with E-state index in [0.29, 0.717) is 29.5 Å². The number of nitrogens with zero attached hydrogens (tertiary/aromatic N) is 2. The number of likely N-dealkylation sites (tertiary alicyclic amines) is 1. The van der Waals surface area contributed by atoms with Gasteiger partial charge in [-0.1, -0.05) is 6.42 Å². The second-order valence-electron chi connectivity index (χ2n) is 8.71. The Labute approximate surface area is 168 Å². The standard InChI is InChI=1S/C19H32N4O.HI/c1-20-18(21-13-5-10-23(11-6-13)14-3-4-14)22-16-15-7-12-24-17(15)19(16)8-2-9-19;/h13-17H,2-12H2,1H3,(H2,20,21,22);1H. The number of rotatable bonds is 3. The van der Waals surface area contributed by atoms with Crippen LogP contribution >= 0.6 is 24.0 Å². The molecule has 3 aliphatic carbocycles. The van der Waals surface area contributed by atoms with Crippen LogP contribution in [0.1, 0.15) is 51.4 Å². The van der Waals surface area contributed by atoms with Crippen LogP contribution in [0.25, 0.3) is 0 Å². The fourth-order valence-corrected chi connectivity index (χ4v) is 5.82. The number of hydrogen-bond donors (Lipinski definition) is 2. The van der Waals surface area contributed by atoms with Crippen molar-refractivity contribution in [3.05, 3.63) is 0 Å². The van der Waals surface area contributed by atoms with Crippen LogP contribution in [0, 0.1) is 11.3 Å². The molecule has 5 fully saturated rings. The first kappa shape index (κ1) is 18.3. The molecule has 6 heteroatoms. The van der Waals surface area contributed by atoms with Gasteiger partial charge >= 0.3 is 0 Å². The van der Waals surface area contributed by atoms with Crippen molar-refractivity contribution in [3.8, 4) is 0 Å². The lowest BCUT2D eigenvalue weighted by atomic mass is 9.46. The van der Waals surface area contributed by atoms with E-state index in [-0.39, 0.29) is 24.0 Å². The second-order valence-corrected chi connectivity index (χ2v) is 8.71. The Morgan fingerprint density at radius 1 is 1.08 bits per heavy atom. The highest BCUT2D eigenvalue weighted by atomic mass is 127. The Kier molecular flexibility index (Phi) is 5.23. The highest BCUT2D eigenvalue weighted by Crippen LogP contribution is 2.62. The molecule has 0 aromatic rings. The molecule has 3 saturated carbocycles. The number of nitrogens with one attached hydrogen (secondary N) is 2. The third kappa shape index (κ3) is 3.10. The molecule has 3 atom stereocenters. The minimum Gasteiger partial charge on any atom is -0.377 e. The molecule has 2 heterocycles. The lowest BCUT2D eigenvalue weighted by Crippen LogP contribution is -2.72. The summed E-state index contributed by atoms with van der Waals surface area (Å²) in [5.74, 6) is 1.74. The summed E-state index contributed by atoms with van der Waals surface area (Å²) >= 11 is 0. The van der Waals surface area contributed by atoms with Crippen molar-refractivity contribution in [2.24, 2.45) is 16.3 Å². The van der Waals surface area contributed by atoms with E-state index in [9.17, 15) is 0 Å². The van der Waals surface area contributed by atoms with Gasteiger partial charge in [0.2, 0.25) is 0 Å². The minimum absolute atomic E-state index is 0. The summed E-state index contributed by atoms with van der Waals surface area (Å²) in [5, 5.41) is 7.53. The number of aliphatic imine (C=N–C) groups is 1. The molecule has 2 saturated heterocycles. The first-order valence-corrected chi connectivity index (χ1v) is 10.2. The summed E-state index contributed by atoms with van der Waals surface area (Å²) in [6, 6.07) is 2.08. The second kappa shape index (κ2) is 7.15. The third-order valence-electron chi connectivity index (χ3n) is 7.49. The predicted molar refractivity (Wildman–Crippen MR) is 111 cm³/mol. The van der Waals surface area contributed by atoms with Crippen molar-refractivity contribution >= 4 is 29.9 Å². The molecule has 25 heavy (non-hydrogen) atoms. The van der Waals surface area contributed by atoms with Crippen LogP contribution in [0.3, 0.4) is 0 Å². The SMILES string of the molecule is CN=C(NC1CCN(C2CC2)CC1)NC1C2CCOC2C12CCC2.I. The summed E-state index contributed by atoms with van der Waals surface area (Å²) in [7, 11) is 1.92. The molecule has 0 bridgehead atoms. The smallest absolute Gasteiger partial charge is 0.191 e. The number of halogens is 1. The Bertz CT molecular complexity index is 512. The maximum absolute atomic E-state index is 6.04. The maximum Gasteiger partial charge on any atom is 0.191 e. The normalized spacial score (nSPS) is 37.6. The van der Waals surface area contributed by atoms with Gasteiger partial charge in [0.05, 0.1) is 6.10 Å². The first-order valence-electron chi connectivity index (χ1n) is 10.2. The zero-order valence-corrected chi connectivity index (χ0v) is 17.7. The largest absolute Gasteiger partial charge is 0.377 e. The van der Waals surface area contributed by atoms with E-state index in [4.69, 9.17) is 4.74 Å². The number of guanidine groups is 1. The van der Waals surface area contributed by atoms with Crippen molar-refractivity contribution in [1.82, 2.24) is 15.5 Å². The predicted octanol–water partition coefficient (Wildman–Crippen LogP) is 2.35. The van der Waals surface area contributed by atoms with Gasteiger partial charge < -0.3 is 20.3 Å². The molecule has 0 aromatic carbocycles. The van der Waals surface area contributed by atoms with E-state index in [1.807, 2.05) is 7.05 Å². The Morgan fingerprint density at radius 2 is 1.84 bits per heavy atom. The van der Waals surface area contributed by atoms with E-state index >= 15 is 0 Å². The van der Waals surface area contributed by atoms with Crippen LogP contribution in [0.2, 0.25) is 0 Å². The summed E-state index contributed by atoms with van der Waals surface area (Å²) in [6.07, 6.45) is 11.2. The van der Waals surface area contributed by atoms with Gasteiger partial charge in [-0.15, -0.1) is 24.0 Å². The van der Waals surface area contributed by atoms with Crippen LogP contribution in [0.4, 0.5) is 0 Å². The number of fused-ring (bicyclic) bond motifs is 2. The molecule has 0 radical (unpaired) electrons.